The Kier molecular flexibility index (Phi) is 14.0. The van der Waals surface area contributed by atoms with Gasteiger partial charge in [0.15, 0.2) is 0 Å². The lowest BCUT2D eigenvalue weighted by Gasteiger charge is -2.23. The van der Waals surface area contributed by atoms with E-state index in [-0.39, 0.29) is 49.2 Å². The zero-order chi connectivity index (χ0) is 34.9. The first-order chi connectivity index (χ1) is 20.5. The molecule has 3 aliphatic heterocycles. The smallest absolute Gasteiger partial charge is 0.410 e. The molecule has 3 heterocycles. The average Bonchev–Trinajstić information content (AvgIpc) is 3.57. The number of ether oxygens (including phenoxy) is 3. The highest BCUT2D eigenvalue weighted by Gasteiger charge is 2.41. The van der Waals surface area contributed by atoms with Gasteiger partial charge in [0.1, 0.15) is 29.5 Å². The van der Waals surface area contributed by atoms with Gasteiger partial charge >= 0.3 is 18.3 Å². The largest absolute Gasteiger partial charge is 0.444 e. The Morgan fingerprint density at radius 1 is 0.556 bits per heavy atom. The monoisotopic (exact) mass is 632 g/mol. The number of carbonyl (C=O) groups is 3. The molecule has 0 saturated carbocycles. The number of hydrogen-bond donors (Lipinski definition) is 1. The molecule has 1 N–H and O–H groups in total. The third kappa shape index (κ3) is 13.8. The van der Waals surface area contributed by atoms with E-state index < -0.39 is 35.0 Å². The van der Waals surface area contributed by atoms with E-state index in [4.69, 9.17) is 33.9 Å². The summed E-state index contributed by atoms with van der Waals surface area (Å²) in [5.74, 6) is 0.491. The third-order valence-corrected chi connectivity index (χ3v) is 6.86. The number of likely N-dealkylation sites (tertiary alicyclic amines) is 3. The van der Waals surface area contributed by atoms with Gasteiger partial charge in [-0.2, -0.15) is 0 Å². The van der Waals surface area contributed by atoms with Crippen molar-refractivity contribution in [2.45, 2.75) is 117 Å². The Bertz CT molecular complexity index is 1010. The quantitative estimate of drug-likeness (QED) is 0.288. The molecule has 3 aliphatic rings. The molecule has 6 atom stereocenters. The minimum Gasteiger partial charge on any atom is -0.444 e. The van der Waals surface area contributed by atoms with Crippen molar-refractivity contribution in [2.24, 2.45) is 11.8 Å². The van der Waals surface area contributed by atoms with Gasteiger partial charge < -0.3 is 33.9 Å². The Hall–Kier alpha value is -3.76. The molecule has 0 aromatic carbocycles. The summed E-state index contributed by atoms with van der Waals surface area (Å²) in [6, 6.07) is -0.660. The maximum absolute atomic E-state index is 11.7. The van der Waals surface area contributed by atoms with Crippen LogP contribution < -0.4 is 0 Å². The minimum absolute atomic E-state index is 0.0717. The van der Waals surface area contributed by atoms with Crippen molar-refractivity contribution in [3.8, 4) is 0 Å². The molecule has 0 aliphatic carbocycles. The van der Waals surface area contributed by atoms with Gasteiger partial charge in [0.25, 0.3) is 6.04 Å². The Morgan fingerprint density at radius 3 is 1.04 bits per heavy atom. The van der Waals surface area contributed by atoms with E-state index in [0.717, 1.165) is 0 Å². The van der Waals surface area contributed by atoms with Crippen LogP contribution in [0, 0.1) is 31.6 Å². The molecule has 3 rings (SSSR count). The molecule has 252 valence electrons. The van der Waals surface area contributed by atoms with Gasteiger partial charge in [-0.3, -0.25) is 14.7 Å². The Labute approximate surface area is 269 Å². The third-order valence-electron chi connectivity index (χ3n) is 6.86. The zero-order valence-electron chi connectivity index (χ0n) is 28.8. The van der Waals surface area contributed by atoms with Crippen molar-refractivity contribution in [1.29, 1.82) is 0 Å². The van der Waals surface area contributed by atoms with Crippen LogP contribution in [-0.4, -0.2) is 118 Å². The number of amides is 3. The van der Waals surface area contributed by atoms with Crippen LogP contribution in [0.1, 0.15) is 76.2 Å². The molecule has 0 bridgehead atoms. The van der Waals surface area contributed by atoms with Gasteiger partial charge in [0.05, 0.1) is 31.5 Å². The van der Waals surface area contributed by atoms with Gasteiger partial charge in [-0.15, -0.1) is 0 Å². The fourth-order valence-corrected chi connectivity index (χ4v) is 4.56. The van der Waals surface area contributed by atoms with E-state index in [9.17, 15) is 19.5 Å². The number of hydrogen-bond acceptors (Lipinski definition) is 7. The molecule has 3 fully saturated rings. The maximum atomic E-state index is 11.7. The van der Waals surface area contributed by atoms with Crippen molar-refractivity contribution >= 4 is 18.3 Å². The Balaban J connectivity index is 0.000000337. The summed E-state index contributed by atoms with van der Waals surface area (Å²) in [7, 11) is 0. The van der Waals surface area contributed by atoms with Crippen LogP contribution in [0.4, 0.5) is 14.4 Å². The van der Waals surface area contributed by atoms with Crippen LogP contribution >= 0.6 is 0 Å². The highest BCUT2D eigenvalue weighted by atomic mass is 16.6. The first-order valence-electron chi connectivity index (χ1n) is 15.2. The summed E-state index contributed by atoms with van der Waals surface area (Å²) in [5, 5.41) is 9.44. The number of aliphatic hydroxyl groups is 1. The summed E-state index contributed by atoms with van der Waals surface area (Å²) in [6.45, 7) is 43.9. The van der Waals surface area contributed by atoms with Gasteiger partial charge in [0, 0.05) is 13.1 Å². The fraction of sp³-hybridized carbons (Fsp3) is 0.812. The number of β-amino-alcohol motifs (C(OH)–C–C–N with tert-alkyl or cyclic N) is 1. The van der Waals surface area contributed by atoms with Crippen molar-refractivity contribution < 1.29 is 33.7 Å². The second kappa shape index (κ2) is 16.0. The topological polar surface area (TPSA) is 122 Å². The van der Waals surface area contributed by atoms with Crippen molar-refractivity contribution in [2.75, 3.05) is 39.3 Å². The van der Waals surface area contributed by atoms with Gasteiger partial charge in [-0.05, 0) is 62.3 Å². The van der Waals surface area contributed by atoms with Crippen LogP contribution in [0.25, 0.3) is 14.5 Å². The first kappa shape index (κ1) is 39.3. The zero-order valence-corrected chi connectivity index (χ0v) is 28.8. The van der Waals surface area contributed by atoms with E-state index in [1.54, 1.807) is 30.6 Å². The maximum Gasteiger partial charge on any atom is 0.410 e. The van der Waals surface area contributed by atoms with E-state index in [2.05, 4.69) is 14.5 Å². The summed E-state index contributed by atoms with van der Waals surface area (Å²) in [4.78, 5) is 49.8. The molecule has 3 amide bonds. The van der Waals surface area contributed by atoms with Gasteiger partial charge in [0.2, 0.25) is 12.1 Å². The molecule has 3 saturated heterocycles. The van der Waals surface area contributed by atoms with Crippen LogP contribution in [0.3, 0.4) is 0 Å². The molecule has 0 spiro atoms. The van der Waals surface area contributed by atoms with Crippen molar-refractivity contribution in [3.63, 3.8) is 0 Å². The fourth-order valence-electron chi connectivity index (χ4n) is 4.56. The molecular formula is C32H52N6O7. The van der Waals surface area contributed by atoms with Crippen LogP contribution in [-0.2, 0) is 14.2 Å². The predicted octanol–water partition coefficient (Wildman–Crippen LogP) is 5.21. The molecule has 0 aromatic heterocycles. The van der Waals surface area contributed by atoms with Crippen molar-refractivity contribution in [3.05, 3.63) is 34.3 Å². The number of aliphatic hydroxyl groups excluding tert-OH is 1. The highest BCUT2D eigenvalue weighted by molar-refractivity contribution is 5.69. The molecule has 45 heavy (non-hydrogen) atoms. The number of carbonyl (C=O) groups excluding carboxylic acids is 3. The molecule has 2 unspecified atom stereocenters. The normalized spacial score (nSPS) is 26.2. The van der Waals surface area contributed by atoms with E-state index in [1.807, 2.05) is 55.4 Å². The van der Waals surface area contributed by atoms with E-state index >= 15 is 0 Å². The van der Waals surface area contributed by atoms with Crippen LogP contribution in [0.5, 0.6) is 0 Å². The average molecular weight is 633 g/mol. The molecule has 13 nitrogen and oxygen atoms in total. The van der Waals surface area contributed by atoms with Gasteiger partial charge in [-0.25, -0.2) is 34.1 Å². The van der Waals surface area contributed by atoms with Gasteiger partial charge in [-0.1, -0.05) is 13.8 Å². The number of rotatable bonds is 0. The van der Waals surface area contributed by atoms with Crippen molar-refractivity contribution in [1.82, 2.24) is 14.7 Å². The molecule has 0 radical (unpaired) electrons. The van der Waals surface area contributed by atoms with Crippen LogP contribution in [0.2, 0.25) is 0 Å². The Morgan fingerprint density at radius 2 is 0.822 bits per heavy atom. The summed E-state index contributed by atoms with van der Waals surface area (Å²) >= 11 is 0. The first-order valence-corrected chi connectivity index (χ1v) is 15.2. The summed E-state index contributed by atoms with van der Waals surface area (Å²) in [6.07, 6.45) is -1.83. The predicted molar refractivity (Wildman–Crippen MR) is 169 cm³/mol. The van der Waals surface area contributed by atoms with E-state index in [1.165, 1.54) is 4.90 Å². The lowest BCUT2D eigenvalue weighted by Crippen LogP contribution is -2.35. The summed E-state index contributed by atoms with van der Waals surface area (Å²) in [5.41, 5.74) is -1.47. The second-order valence-electron chi connectivity index (χ2n) is 14.8. The lowest BCUT2D eigenvalue weighted by molar-refractivity contribution is 0.0264. The lowest BCUT2D eigenvalue weighted by atomic mass is 10.1. The molecular weight excluding hydrogens is 580 g/mol. The minimum atomic E-state index is -0.755. The highest BCUT2D eigenvalue weighted by Crippen LogP contribution is 2.23. The number of nitrogens with zero attached hydrogens (tertiary/aromatic N) is 6. The SMILES string of the molecule is [C-]#[N+]C1CN(C(=O)OC(C)(C)C)CC1C.[C-]#[N+][C@@H]1CN(C(=O)OC(C)(C)C)C[C@H]1C.[C-]#[N+][C@H]1CN(C(=O)OC(C)(C)C)C[C@@H]1O. The molecule has 0 aromatic rings. The molecule has 13 heteroatoms. The standard InChI is InChI=1S/2C11H18N2O2.C10H16N2O3/c2*1-8-6-13(7-9(8)12-5)10(14)15-11(2,3)4;1-10(2,3)15-9(14)12-5-7(11-4)8(13)6-12/h2*8-9H,6-7H2,1-4H3;7-8,13H,5-6H2,1-3H3/t8-,9-;;7-,8-/m1.0/s1. The summed E-state index contributed by atoms with van der Waals surface area (Å²) < 4.78 is 15.6. The van der Waals surface area contributed by atoms with Crippen LogP contribution in [0.15, 0.2) is 0 Å². The second-order valence-corrected chi connectivity index (χ2v) is 14.8. The van der Waals surface area contributed by atoms with E-state index in [0.29, 0.717) is 26.2 Å².